The minimum Gasteiger partial charge on any atom is -0.391 e. The van der Waals surface area contributed by atoms with Crippen LogP contribution >= 0.6 is 0 Å². The monoisotopic (exact) mass is 196 g/mol. The van der Waals surface area contributed by atoms with Crippen molar-refractivity contribution < 1.29 is 9.84 Å². The fourth-order valence-electron chi connectivity index (χ4n) is 1.80. The standard InChI is InChI=1S/C10H16N2O2/c1-8-11-3-4-12(8)6-10(13)9-2-5-14-7-9/h3-4,9-10,13H,2,5-7H2,1H3. The van der Waals surface area contributed by atoms with Crippen LogP contribution in [-0.4, -0.2) is 34.0 Å². The van der Waals surface area contributed by atoms with Gasteiger partial charge in [0.15, 0.2) is 0 Å². The van der Waals surface area contributed by atoms with Crippen molar-refractivity contribution in [2.75, 3.05) is 13.2 Å². The highest BCUT2D eigenvalue weighted by Gasteiger charge is 2.24. The summed E-state index contributed by atoms with van der Waals surface area (Å²) < 4.78 is 7.22. The van der Waals surface area contributed by atoms with Gasteiger partial charge in [0.1, 0.15) is 5.82 Å². The molecule has 1 aromatic rings. The number of hydrogen-bond donors (Lipinski definition) is 1. The second-order valence-corrected chi connectivity index (χ2v) is 3.82. The van der Waals surface area contributed by atoms with E-state index in [9.17, 15) is 5.11 Å². The van der Waals surface area contributed by atoms with Crippen LogP contribution in [-0.2, 0) is 11.3 Å². The number of aliphatic hydroxyl groups is 1. The maximum absolute atomic E-state index is 9.92. The summed E-state index contributed by atoms with van der Waals surface area (Å²) in [7, 11) is 0. The number of aromatic nitrogens is 2. The van der Waals surface area contributed by atoms with Gasteiger partial charge < -0.3 is 14.4 Å². The van der Waals surface area contributed by atoms with E-state index in [0.717, 1.165) is 18.9 Å². The quantitative estimate of drug-likeness (QED) is 0.769. The van der Waals surface area contributed by atoms with E-state index in [-0.39, 0.29) is 12.0 Å². The largest absolute Gasteiger partial charge is 0.391 e. The van der Waals surface area contributed by atoms with Crippen LogP contribution in [0, 0.1) is 12.8 Å². The SMILES string of the molecule is Cc1nccn1CC(O)C1CCOC1. The molecule has 1 N–H and O–H groups in total. The Morgan fingerprint density at radius 2 is 2.64 bits per heavy atom. The molecule has 0 radical (unpaired) electrons. The summed E-state index contributed by atoms with van der Waals surface area (Å²) in [5.74, 6) is 1.24. The molecule has 2 rings (SSSR count). The van der Waals surface area contributed by atoms with Gasteiger partial charge in [0.05, 0.1) is 19.3 Å². The summed E-state index contributed by atoms with van der Waals surface area (Å²) >= 11 is 0. The average molecular weight is 196 g/mol. The molecule has 14 heavy (non-hydrogen) atoms. The van der Waals surface area contributed by atoms with Gasteiger partial charge in [0.25, 0.3) is 0 Å². The molecule has 2 unspecified atom stereocenters. The smallest absolute Gasteiger partial charge is 0.105 e. The number of ether oxygens (including phenoxy) is 1. The molecule has 2 atom stereocenters. The van der Waals surface area contributed by atoms with Crippen molar-refractivity contribution >= 4 is 0 Å². The molecule has 1 aromatic heterocycles. The summed E-state index contributed by atoms with van der Waals surface area (Å²) in [6.45, 7) is 4.04. The molecule has 0 spiro atoms. The first-order valence-electron chi connectivity index (χ1n) is 5.01. The van der Waals surface area contributed by atoms with Crippen LogP contribution in [0.1, 0.15) is 12.2 Å². The first-order valence-corrected chi connectivity index (χ1v) is 5.01. The molecule has 4 nitrogen and oxygen atoms in total. The Hall–Kier alpha value is -0.870. The van der Waals surface area contributed by atoms with Crippen LogP contribution in [0.15, 0.2) is 12.4 Å². The van der Waals surface area contributed by atoms with E-state index in [0.29, 0.717) is 13.2 Å². The molecule has 78 valence electrons. The molecule has 4 heteroatoms. The number of rotatable bonds is 3. The van der Waals surface area contributed by atoms with Crippen LogP contribution < -0.4 is 0 Å². The first-order chi connectivity index (χ1) is 6.77. The predicted octanol–water partition coefficient (Wildman–Crippen LogP) is 0.589. The third kappa shape index (κ3) is 1.96. The van der Waals surface area contributed by atoms with Gasteiger partial charge in [-0.15, -0.1) is 0 Å². The van der Waals surface area contributed by atoms with E-state index < -0.39 is 0 Å². The van der Waals surface area contributed by atoms with Crippen LogP contribution in [0.3, 0.4) is 0 Å². The summed E-state index contributed by atoms with van der Waals surface area (Å²) in [5.41, 5.74) is 0. The lowest BCUT2D eigenvalue weighted by Gasteiger charge is -2.17. The summed E-state index contributed by atoms with van der Waals surface area (Å²) in [6, 6.07) is 0. The summed E-state index contributed by atoms with van der Waals surface area (Å²) in [5, 5.41) is 9.92. The predicted molar refractivity (Wildman–Crippen MR) is 51.9 cm³/mol. The van der Waals surface area contributed by atoms with Gasteiger partial charge in [-0.3, -0.25) is 0 Å². The Morgan fingerprint density at radius 1 is 1.79 bits per heavy atom. The molecule has 0 bridgehead atoms. The lowest BCUT2D eigenvalue weighted by molar-refractivity contribution is 0.0773. The minimum absolute atomic E-state index is 0.289. The zero-order valence-corrected chi connectivity index (χ0v) is 8.39. The molecule has 1 aliphatic rings. The fourth-order valence-corrected chi connectivity index (χ4v) is 1.80. The molecule has 0 aromatic carbocycles. The van der Waals surface area contributed by atoms with Crippen molar-refractivity contribution in [2.45, 2.75) is 26.0 Å². The Balaban J connectivity index is 1.93. The van der Waals surface area contributed by atoms with E-state index in [1.54, 1.807) is 6.20 Å². The Labute approximate surface area is 83.5 Å². The second kappa shape index (κ2) is 4.11. The number of aryl methyl sites for hydroxylation is 1. The zero-order valence-electron chi connectivity index (χ0n) is 8.39. The Bertz CT molecular complexity index is 292. The number of aliphatic hydroxyl groups excluding tert-OH is 1. The summed E-state index contributed by atoms with van der Waals surface area (Å²) in [4.78, 5) is 4.12. The maximum Gasteiger partial charge on any atom is 0.105 e. The normalized spacial score (nSPS) is 24.0. The third-order valence-electron chi connectivity index (χ3n) is 2.82. The van der Waals surface area contributed by atoms with Crippen LogP contribution in [0.2, 0.25) is 0 Å². The Kier molecular flexibility index (Phi) is 2.84. The van der Waals surface area contributed by atoms with E-state index in [2.05, 4.69) is 4.98 Å². The maximum atomic E-state index is 9.92. The highest BCUT2D eigenvalue weighted by molar-refractivity contribution is 4.89. The van der Waals surface area contributed by atoms with Crippen molar-refractivity contribution in [3.05, 3.63) is 18.2 Å². The fraction of sp³-hybridized carbons (Fsp3) is 0.700. The van der Waals surface area contributed by atoms with Crippen molar-refractivity contribution in [3.63, 3.8) is 0 Å². The third-order valence-corrected chi connectivity index (χ3v) is 2.82. The molecule has 0 saturated carbocycles. The van der Waals surface area contributed by atoms with E-state index in [1.807, 2.05) is 17.7 Å². The minimum atomic E-state index is -0.314. The molecular weight excluding hydrogens is 180 g/mol. The second-order valence-electron chi connectivity index (χ2n) is 3.82. The average Bonchev–Trinajstić information content (AvgIpc) is 2.77. The number of nitrogens with zero attached hydrogens (tertiary/aromatic N) is 2. The van der Waals surface area contributed by atoms with Crippen LogP contribution in [0.5, 0.6) is 0 Å². The molecule has 2 heterocycles. The molecule has 1 fully saturated rings. The Morgan fingerprint density at radius 3 is 3.21 bits per heavy atom. The lowest BCUT2D eigenvalue weighted by atomic mass is 10.0. The van der Waals surface area contributed by atoms with Gasteiger partial charge in [-0.25, -0.2) is 4.98 Å². The van der Waals surface area contributed by atoms with Crippen molar-refractivity contribution in [1.82, 2.24) is 9.55 Å². The van der Waals surface area contributed by atoms with Gasteiger partial charge in [0.2, 0.25) is 0 Å². The van der Waals surface area contributed by atoms with E-state index in [4.69, 9.17) is 4.74 Å². The van der Waals surface area contributed by atoms with Gasteiger partial charge in [-0.05, 0) is 13.3 Å². The van der Waals surface area contributed by atoms with Crippen molar-refractivity contribution in [3.8, 4) is 0 Å². The molecule has 1 aliphatic heterocycles. The van der Waals surface area contributed by atoms with Crippen molar-refractivity contribution in [1.29, 1.82) is 0 Å². The topological polar surface area (TPSA) is 47.3 Å². The summed E-state index contributed by atoms with van der Waals surface area (Å²) in [6.07, 6.45) is 4.31. The number of imidazole rings is 1. The van der Waals surface area contributed by atoms with Gasteiger partial charge >= 0.3 is 0 Å². The molecule has 0 aliphatic carbocycles. The van der Waals surface area contributed by atoms with Crippen LogP contribution in [0.4, 0.5) is 0 Å². The van der Waals surface area contributed by atoms with E-state index >= 15 is 0 Å². The van der Waals surface area contributed by atoms with Gasteiger partial charge in [-0.1, -0.05) is 0 Å². The molecule has 1 saturated heterocycles. The number of hydrogen-bond acceptors (Lipinski definition) is 3. The lowest BCUT2D eigenvalue weighted by Crippen LogP contribution is -2.26. The zero-order chi connectivity index (χ0) is 9.97. The first kappa shape index (κ1) is 9.68. The highest BCUT2D eigenvalue weighted by atomic mass is 16.5. The highest BCUT2D eigenvalue weighted by Crippen LogP contribution is 2.18. The molecular formula is C10H16N2O2. The van der Waals surface area contributed by atoms with Gasteiger partial charge in [0, 0.05) is 24.9 Å². The van der Waals surface area contributed by atoms with Crippen LogP contribution in [0.25, 0.3) is 0 Å². The van der Waals surface area contributed by atoms with Crippen molar-refractivity contribution in [2.24, 2.45) is 5.92 Å². The van der Waals surface area contributed by atoms with E-state index in [1.165, 1.54) is 0 Å². The van der Waals surface area contributed by atoms with Gasteiger partial charge in [-0.2, -0.15) is 0 Å². The molecule has 0 amide bonds.